The number of rotatable bonds is 3. The summed E-state index contributed by atoms with van der Waals surface area (Å²) in [6.07, 6.45) is 0.895. The predicted molar refractivity (Wildman–Crippen MR) is 129 cm³/mol. The molecule has 32 heavy (non-hydrogen) atoms. The Morgan fingerprint density at radius 2 is 1.72 bits per heavy atom. The van der Waals surface area contributed by atoms with Crippen LogP contribution in [-0.2, 0) is 13.0 Å². The van der Waals surface area contributed by atoms with Gasteiger partial charge in [-0.05, 0) is 47.7 Å². The van der Waals surface area contributed by atoms with Gasteiger partial charge in [-0.1, -0.05) is 49.4 Å². The number of benzene rings is 3. The molecule has 0 radical (unpaired) electrons. The molecule has 0 bridgehead atoms. The van der Waals surface area contributed by atoms with Crippen molar-refractivity contribution in [2.24, 2.45) is 0 Å². The third kappa shape index (κ3) is 2.71. The summed E-state index contributed by atoms with van der Waals surface area (Å²) in [5.41, 5.74) is 3.98. The average Bonchev–Trinajstić information content (AvgIpc) is 3.14. The van der Waals surface area contributed by atoms with E-state index in [1.165, 1.54) is 5.56 Å². The highest BCUT2D eigenvalue weighted by atomic mass is 16.4. The standard InChI is InChI=1S/C27H20N2O3/c1-2-16-11-12-22-20(13-16)24-19-8-4-6-10-23(19)32-27(31)25(24)29(22)15-18-14-17-7-3-5-9-21(17)28-26(18)30/h3-14H,2,15H2,1H3,(H,28,30). The number of aromatic amines is 1. The highest BCUT2D eigenvalue weighted by Crippen LogP contribution is 2.34. The number of hydrogen-bond donors (Lipinski definition) is 1. The second-order valence-corrected chi connectivity index (χ2v) is 8.11. The van der Waals surface area contributed by atoms with E-state index in [4.69, 9.17) is 4.42 Å². The summed E-state index contributed by atoms with van der Waals surface area (Å²) in [7, 11) is 0. The van der Waals surface area contributed by atoms with Crippen LogP contribution in [0.5, 0.6) is 0 Å². The Labute approximate surface area is 182 Å². The number of pyridine rings is 1. The third-order valence-corrected chi connectivity index (χ3v) is 6.25. The van der Waals surface area contributed by atoms with E-state index < -0.39 is 5.63 Å². The minimum absolute atomic E-state index is 0.158. The molecule has 0 unspecified atom stereocenters. The summed E-state index contributed by atoms with van der Waals surface area (Å²) in [4.78, 5) is 29.0. The smallest absolute Gasteiger partial charge is 0.361 e. The first kappa shape index (κ1) is 18.6. The molecule has 0 aliphatic rings. The van der Waals surface area contributed by atoms with Crippen molar-refractivity contribution in [3.05, 3.63) is 105 Å². The van der Waals surface area contributed by atoms with Crippen LogP contribution in [0.15, 0.2) is 86.8 Å². The van der Waals surface area contributed by atoms with Crippen molar-refractivity contribution < 1.29 is 4.42 Å². The van der Waals surface area contributed by atoms with Gasteiger partial charge in [0.2, 0.25) is 0 Å². The Morgan fingerprint density at radius 1 is 0.906 bits per heavy atom. The van der Waals surface area contributed by atoms with E-state index in [1.54, 1.807) is 0 Å². The minimum atomic E-state index is -0.398. The molecular formula is C27H20N2O3. The van der Waals surface area contributed by atoms with Crippen LogP contribution in [0.4, 0.5) is 0 Å². The first-order chi connectivity index (χ1) is 15.6. The van der Waals surface area contributed by atoms with Gasteiger partial charge in [0.25, 0.3) is 5.56 Å². The van der Waals surface area contributed by atoms with E-state index in [2.05, 4.69) is 24.0 Å². The van der Waals surface area contributed by atoms with Gasteiger partial charge in [0, 0.05) is 32.8 Å². The normalized spacial score (nSPS) is 11.8. The second kappa shape index (κ2) is 6.95. The molecule has 0 spiro atoms. The highest BCUT2D eigenvalue weighted by Gasteiger charge is 2.19. The number of aryl methyl sites for hydroxylation is 1. The zero-order valence-electron chi connectivity index (χ0n) is 17.5. The molecule has 0 saturated carbocycles. The van der Waals surface area contributed by atoms with E-state index in [0.29, 0.717) is 16.7 Å². The Bertz CT molecular complexity index is 1790. The fraction of sp³-hybridized carbons (Fsp3) is 0.111. The van der Waals surface area contributed by atoms with E-state index in [-0.39, 0.29) is 12.1 Å². The molecule has 3 heterocycles. The SMILES string of the molecule is CCc1ccc2c(c1)c1c3ccccc3oc(=O)c1n2Cc1cc2ccccc2[nH]c1=O. The summed E-state index contributed by atoms with van der Waals surface area (Å²) in [6.45, 7) is 2.39. The fourth-order valence-corrected chi connectivity index (χ4v) is 4.66. The number of nitrogens with one attached hydrogen (secondary N) is 1. The van der Waals surface area contributed by atoms with Gasteiger partial charge in [0.1, 0.15) is 11.1 Å². The zero-order chi connectivity index (χ0) is 21.8. The molecule has 0 amide bonds. The fourth-order valence-electron chi connectivity index (χ4n) is 4.66. The van der Waals surface area contributed by atoms with Crippen LogP contribution < -0.4 is 11.2 Å². The Kier molecular flexibility index (Phi) is 4.05. The molecule has 0 atom stereocenters. The van der Waals surface area contributed by atoms with Crippen molar-refractivity contribution in [3.63, 3.8) is 0 Å². The van der Waals surface area contributed by atoms with Crippen molar-refractivity contribution in [1.82, 2.24) is 9.55 Å². The van der Waals surface area contributed by atoms with Crippen LogP contribution in [0.1, 0.15) is 18.1 Å². The summed E-state index contributed by atoms with van der Waals surface area (Å²) in [5.74, 6) is 0. The van der Waals surface area contributed by atoms with Crippen molar-refractivity contribution in [3.8, 4) is 0 Å². The van der Waals surface area contributed by atoms with Gasteiger partial charge in [0.15, 0.2) is 0 Å². The zero-order valence-corrected chi connectivity index (χ0v) is 17.5. The lowest BCUT2D eigenvalue weighted by molar-refractivity contribution is 0.564. The maximum absolute atomic E-state index is 13.2. The predicted octanol–water partition coefficient (Wildman–Crippen LogP) is 5.35. The molecular weight excluding hydrogens is 400 g/mol. The monoisotopic (exact) mass is 420 g/mol. The number of para-hydroxylation sites is 2. The lowest BCUT2D eigenvalue weighted by Crippen LogP contribution is -2.17. The number of aromatic nitrogens is 2. The van der Waals surface area contributed by atoms with Crippen LogP contribution in [-0.4, -0.2) is 9.55 Å². The summed E-state index contributed by atoms with van der Waals surface area (Å²) >= 11 is 0. The van der Waals surface area contributed by atoms with Crippen LogP contribution in [0.3, 0.4) is 0 Å². The maximum Gasteiger partial charge on any atom is 0.361 e. The molecule has 3 aromatic heterocycles. The number of hydrogen-bond acceptors (Lipinski definition) is 3. The van der Waals surface area contributed by atoms with Gasteiger partial charge < -0.3 is 14.0 Å². The summed E-state index contributed by atoms with van der Waals surface area (Å²) in [5, 5.41) is 3.72. The van der Waals surface area contributed by atoms with Gasteiger partial charge in [-0.2, -0.15) is 0 Å². The first-order valence-corrected chi connectivity index (χ1v) is 10.7. The van der Waals surface area contributed by atoms with E-state index >= 15 is 0 Å². The van der Waals surface area contributed by atoms with Gasteiger partial charge in [-0.15, -0.1) is 0 Å². The van der Waals surface area contributed by atoms with E-state index in [1.807, 2.05) is 65.2 Å². The molecule has 6 aromatic rings. The lowest BCUT2D eigenvalue weighted by atomic mass is 10.1. The molecule has 3 aromatic carbocycles. The molecule has 0 aliphatic carbocycles. The van der Waals surface area contributed by atoms with Crippen LogP contribution in [0.25, 0.3) is 43.7 Å². The topological polar surface area (TPSA) is 68.0 Å². The quantitative estimate of drug-likeness (QED) is 0.392. The summed E-state index contributed by atoms with van der Waals surface area (Å²) in [6, 6.07) is 23.5. The van der Waals surface area contributed by atoms with Crippen molar-refractivity contribution in [1.29, 1.82) is 0 Å². The molecule has 156 valence electrons. The van der Waals surface area contributed by atoms with Gasteiger partial charge in [-0.3, -0.25) is 4.79 Å². The summed E-state index contributed by atoms with van der Waals surface area (Å²) < 4.78 is 7.60. The average molecular weight is 420 g/mol. The molecule has 5 heteroatoms. The minimum Gasteiger partial charge on any atom is -0.421 e. The molecule has 0 fully saturated rings. The number of nitrogens with zero attached hydrogens (tertiary/aromatic N) is 1. The van der Waals surface area contributed by atoms with Gasteiger partial charge in [-0.25, -0.2) is 4.79 Å². The molecule has 5 nitrogen and oxygen atoms in total. The lowest BCUT2D eigenvalue weighted by Gasteiger charge is -2.08. The molecule has 6 rings (SSSR count). The van der Waals surface area contributed by atoms with Crippen molar-refractivity contribution in [2.45, 2.75) is 19.9 Å². The number of H-pyrrole nitrogens is 1. The van der Waals surface area contributed by atoms with E-state index in [9.17, 15) is 9.59 Å². The van der Waals surface area contributed by atoms with Gasteiger partial charge >= 0.3 is 5.63 Å². The Morgan fingerprint density at radius 3 is 2.59 bits per heavy atom. The first-order valence-electron chi connectivity index (χ1n) is 10.7. The second-order valence-electron chi connectivity index (χ2n) is 8.11. The Hall–Kier alpha value is -4.12. The van der Waals surface area contributed by atoms with Gasteiger partial charge in [0.05, 0.1) is 6.54 Å². The van der Waals surface area contributed by atoms with Crippen LogP contribution in [0.2, 0.25) is 0 Å². The maximum atomic E-state index is 13.2. The number of fused-ring (bicyclic) bond motifs is 6. The third-order valence-electron chi connectivity index (χ3n) is 6.25. The van der Waals surface area contributed by atoms with Crippen molar-refractivity contribution in [2.75, 3.05) is 0 Å². The highest BCUT2D eigenvalue weighted by molar-refractivity contribution is 6.19. The van der Waals surface area contributed by atoms with Crippen LogP contribution >= 0.6 is 0 Å². The van der Waals surface area contributed by atoms with Crippen molar-refractivity contribution >= 4 is 43.7 Å². The van der Waals surface area contributed by atoms with Crippen LogP contribution in [0, 0.1) is 0 Å². The molecule has 0 aliphatic heterocycles. The van der Waals surface area contributed by atoms with E-state index in [0.717, 1.165) is 39.0 Å². The molecule has 0 saturated heterocycles. The Balaban J connectivity index is 1.71. The molecule has 1 N–H and O–H groups in total. The largest absolute Gasteiger partial charge is 0.421 e.